The molecule has 0 amide bonds. The number of nitro groups is 1. The molecule has 0 aliphatic carbocycles. The van der Waals surface area contributed by atoms with Gasteiger partial charge in [-0.25, -0.2) is 13.1 Å². The summed E-state index contributed by atoms with van der Waals surface area (Å²) in [5.41, 5.74) is 0.839. The van der Waals surface area contributed by atoms with E-state index in [1.165, 1.54) is 12.1 Å². The van der Waals surface area contributed by atoms with E-state index in [4.69, 9.17) is 4.74 Å². The summed E-state index contributed by atoms with van der Waals surface area (Å²) >= 11 is 0. The monoisotopic (exact) mass is 379 g/mol. The van der Waals surface area contributed by atoms with Gasteiger partial charge < -0.3 is 10.1 Å². The van der Waals surface area contributed by atoms with Crippen LogP contribution in [-0.2, 0) is 16.6 Å². The van der Waals surface area contributed by atoms with Crippen LogP contribution in [0, 0.1) is 10.1 Å². The molecule has 8 nitrogen and oxygen atoms in total. The molecule has 0 fully saturated rings. The molecule has 0 saturated heterocycles. The van der Waals surface area contributed by atoms with Gasteiger partial charge in [-0.2, -0.15) is 0 Å². The maximum atomic E-state index is 12.2. The largest absolute Gasteiger partial charge is 0.494 e. The van der Waals surface area contributed by atoms with Crippen LogP contribution in [0.5, 0.6) is 5.75 Å². The van der Waals surface area contributed by atoms with Gasteiger partial charge in [0.15, 0.2) is 0 Å². The van der Waals surface area contributed by atoms with Crippen LogP contribution in [0.2, 0.25) is 0 Å². The Hall–Kier alpha value is -2.49. The van der Waals surface area contributed by atoms with Crippen LogP contribution < -0.4 is 14.8 Å². The minimum absolute atomic E-state index is 0.00945. The zero-order valence-corrected chi connectivity index (χ0v) is 15.2. The van der Waals surface area contributed by atoms with E-state index in [2.05, 4.69) is 10.0 Å². The topological polar surface area (TPSA) is 111 Å². The number of nitrogens with one attached hydrogen (secondary N) is 2. The van der Waals surface area contributed by atoms with Gasteiger partial charge in [-0.3, -0.25) is 10.1 Å². The number of sulfonamides is 1. The van der Waals surface area contributed by atoms with E-state index in [9.17, 15) is 18.5 Å². The van der Waals surface area contributed by atoms with E-state index in [0.29, 0.717) is 19.7 Å². The Labute approximate surface area is 152 Å². The summed E-state index contributed by atoms with van der Waals surface area (Å²) in [5, 5.41) is 13.8. The third-order valence-electron chi connectivity index (χ3n) is 3.54. The Morgan fingerprint density at radius 1 is 1.08 bits per heavy atom. The lowest BCUT2D eigenvalue weighted by atomic mass is 10.2. The van der Waals surface area contributed by atoms with Crippen molar-refractivity contribution in [1.29, 1.82) is 0 Å². The van der Waals surface area contributed by atoms with Crippen LogP contribution in [0.1, 0.15) is 12.5 Å². The van der Waals surface area contributed by atoms with Crippen molar-refractivity contribution in [2.45, 2.75) is 18.4 Å². The summed E-state index contributed by atoms with van der Waals surface area (Å²) in [5.74, 6) is 0.800. The lowest BCUT2D eigenvalue weighted by Gasteiger charge is -2.11. The molecule has 0 radical (unpaired) electrons. The van der Waals surface area contributed by atoms with Gasteiger partial charge in [-0.1, -0.05) is 18.2 Å². The van der Waals surface area contributed by atoms with Gasteiger partial charge in [-0.15, -0.1) is 0 Å². The summed E-state index contributed by atoms with van der Waals surface area (Å²) in [7, 11) is -3.70. The third kappa shape index (κ3) is 5.51. The fraction of sp³-hybridized carbons (Fsp3) is 0.294. The fourth-order valence-corrected chi connectivity index (χ4v) is 3.31. The van der Waals surface area contributed by atoms with Gasteiger partial charge in [0.2, 0.25) is 10.0 Å². The minimum atomic E-state index is -3.70. The summed E-state index contributed by atoms with van der Waals surface area (Å²) < 4.78 is 32.3. The maximum Gasteiger partial charge on any atom is 0.269 e. The lowest BCUT2D eigenvalue weighted by Crippen LogP contribution is -2.31. The molecule has 2 aromatic carbocycles. The Bertz CT molecular complexity index is 838. The molecule has 2 N–H and O–H groups in total. The van der Waals surface area contributed by atoms with E-state index in [1.54, 1.807) is 0 Å². The summed E-state index contributed by atoms with van der Waals surface area (Å²) in [6.07, 6.45) is 0. The van der Waals surface area contributed by atoms with Gasteiger partial charge in [0, 0.05) is 37.3 Å². The average Bonchev–Trinajstić information content (AvgIpc) is 2.63. The molecule has 0 atom stereocenters. The highest BCUT2D eigenvalue weighted by Crippen LogP contribution is 2.17. The van der Waals surface area contributed by atoms with Gasteiger partial charge in [0.05, 0.1) is 16.4 Å². The Balaban J connectivity index is 1.83. The number of nitrogens with zero attached hydrogens (tertiary/aromatic N) is 1. The highest BCUT2D eigenvalue weighted by atomic mass is 32.2. The normalized spacial score (nSPS) is 11.3. The van der Waals surface area contributed by atoms with Crippen LogP contribution >= 0.6 is 0 Å². The Morgan fingerprint density at radius 2 is 1.77 bits per heavy atom. The zero-order valence-electron chi connectivity index (χ0n) is 14.3. The molecule has 26 heavy (non-hydrogen) atoms. The van der Waals surface area contributed by atoms with Gasteiger partial charge in [-0.05, 0) is 25.1 Å². The molecule has 0 unspecified atom stereocenters. The second-order valence-electron chi connectivity index (χ2n) is 5.37. The predicted molar refractivity (Wildman–Crippen MR) is 97.6 cm³/mol. The number of hydrogen-bond acceptors (Lipinski definition) is 6. The van der Waals surface area contributed by atoms with Crippen LogP contribution in [0.4, 0.5) is 5.69 Å². The molecule has 0 aliphatic heterocycles. The Morgan fingerprint density at radius 3 is 2.42 bits per heavy atom. The number of non-ortho nitro benzene ring substituents is 1. The van der Waals surface area contributed by atoms with Gasteiger partial charge >= 0.3 is 0 Å². The van der Waals surface area contributed by atoms with Crippen molar-refractivity contribution in [2.75, 3.05) is 19.7 Å². The number of hydrogen-bond donors (Lipinski definition) is 2. The summed E-state index contributed by atoms with van der Waals surface area (Å²) in [6, 6.07) is 12.4. The molecule has 2 rings (SSSR count). The number of benzene rings is 2. The standard InChI is InChI=1S/C17H21N3O5S/c1-2-25-17-6-4-3-5-14(17)13-18-11-12-19-26(23,24)16-9-7-15(8-10-16)20(21)22/h3-10,18-19H,2,11-13H2,1H3. The molecule has 0 bridgehead atoms. The zero-order chi connectivity index (χ0) is 19.0. The molecule has 0 spiro atoms. The first-order chi connectivity index (χ1) is 12.4. The van der Waals surface area contributed by atoms with Crippen LogP contribution in [-0.4, -0.2) is 33.0 Å². The predicted octanol–water partition coefficient (Wildman–Crippen LogP) is 2.06. The molecule has 2 aromatic rings. The van der Waals surface area contributed by atoms with Crippen molar-refractivity contribution in [3.8, 4) is 5.75 Å². The van der Waals surface area contributed by atoms with Gasteiger partial charge in [0.1, 0.15) is 5.75 Å². The van der Waals surface area contributed by atoms with E-state index < -0.39 is 14.9 Å². The third-order valence-corrected chi connectivity index (χ3v) is 5.02. The van der Waals surface area contributed by atoms with Crippen LogP contribution in [0.15, 0.2) is 53.4 Å². The summed E-state index contributed by atoms with van der Waals surface area (Å²) in [6.45, 7) is 3.65. The molecule has 9 heteroatoms. The van der Waals surface area contributed by atoms with Crippen LogP contribution in [0.25, 0.3) is 0 Å². The highest BCUT2D eigenvalue weighted by molar-refractivity contribution is 7.89. The number of nitro benzene ring substituents is 1. The van der Waals surface area contributed by atoms with Crippen LogP contribution in [0.3, 0.4) is 0 Å². The average molecular weight is 379 g/mol. The smallest absolute Gasteiger partial charge is 0.269 e. The second-order valence-corrected chi connectivity index (χ2v) is 7.13. The number of para-hydroxylation sites is 1. The van der Waals surface area contributed by atoms with E-state index >= 15 is 0 Å². The first kappa shape index (κ1) is 19.8. The molecular weight excluding hydrogens is 358 g/mol. The first-order valence-electron chi connectivity index (χ1n) is 8.09. The van der Waals surface area contributed by atoms with E-state index in [0.717, 1.165) is 23.4 Å². The van der Waals surface area contributed by atoms with Crippen molar-refractivity contribution >= 4 is 15.7 Å². The maximum absolute atomic E-state index is 12.2. The number of rotatable bonds is 10. The molecular formula is C17H21N3O5S. The first-order valence-corrected chi connectivity index (χ1v) is 9.58. The van der Waals surface area contributed by atoms with Gasteiger partial charge in [0.25, 0.3) is 5.69 Å². The van der Waals surface area contributed by atoms with E-state index in [1.807, 2.05) is 31.2 Å². The van der Waals surface area contributed by atoms with Crippen molar-refractivity contribution in [2.24, 2.45) is 0 Å². The molecule has 0 aliphatic rings. The summed E-state index contributed by atoms with van der Waals surface area (Å²) in [4.78, 5) is 10.0. The van der Waals surface area contributed by atoms with Crippen molar-refractivity contribution in [3.63, 3.8) is 0 Å². The SMILES string of the molecule is CCOc1ccccc1CNCCNS(=O)(=O)c1ccc([N+](=O)[O-])cc1. The molecule has 0 saturated carbocycles. The number of ether oxygens (including phenoxy) is 1. The Kier molecular flexibility index (Phi) is 7.07. The highest BCUT2D eigenvalue weighted by Gasteiger charge is 2.15. The lowest BCUT2D eigenvalue weighted by molar-refractivity contribution is -0.384. The van der Waals surface area contributed by atoms with Crippen molar-refractivity contribution in [1.82, 2.24) is 10.0 Å². The molecule has 140 valence electrons. The van der Waals surface area contributed by atoms with Crippen molar-refractivity contribution < 1.29 is 18.1 Å². The second kappa shape index (κ2) is 9.27. The molecule has 0 aromatic heterocycles. The van der Waals surface area contributed by atoms with Crippen molar-refractivity contribution in [3.05, 3.63) is 64.2 Å². The quantitative estimate of drug-likeness (QED) is 0.371. The minimum Gasteiger partial charge on any atom is -0.494 e. The fourth-order valence-electron chi connectivity index (χ4n) is 2.27. The van der Waals surface area contributed by atoms with E-state index in [-0.39, 0.29) is 17.1 Å². The molecule has 0 heterocycles.